The molecule has 1 rings (SSSR count). The van der Waals surface area contributed by atoms with Crippen LogP contribution >= 0.6 is 0 Å². The van der Waals surface area contributed by atoms with Crippen LogP contribution in [0, 0.1) is 6.07 Å². The van der Waals surface area contributed by atoms with E-state index in [1.165, 1.54) is 6.07 Å². The Morgan fingerprint density at radius 1 is 1.64 bits per heavy atom. The standard InChI is InChI=1S/C9H11O2/c1-2-8(10)7-5-3-4-6-9(7)11/h3,5-6,8,10-11H,2H2,1H3. The van der Waals surface area contributed by atoms with Crippen LogP contribution in [0.2, 0.25) is 0 Å². The molecule has 1 atom stereocenters. The van der Waals surface area contributed by atoms with E-state index in [4.69, 9.17) is 0 Å². The van der Waals surface area contributed by atoms with Crippen LogP contribution in [0.1, 0.15) is 25.0 Å². The lowest BCUT2D eigenvalue weighted by atomic mass is 10.1. The molecule has 0 spiro atoms. The van der Waals surface area contributed by atoms with Gasteiger partial charge in [-0.05, 0) is 18.6 Å². The number of rotatable bonds is 2. The molecule has 11 heavy (non-hydrogen) atoms. The molecule has 0 saturated carbocycles. The smallest absolute Gasteiger partial charge is 0.121 e. The third-order valence-corrected chi connectivity index (χ3v) is 1.62. The normalized spacial score (nSPS) is 12.9. The molecule has 0 aromatic heterocycles. The van der Waals surface area contributed by atoms with Crippen LogP contribution < -0.4 is 0 Å². The number of phenols is 1. The van der Waals surface area contributed by atoms with Crippen LogP contribution in [0.4, 0.5) is 0 Å². The highest BCUT2D eigenvalue weighted by Gasteiger charge is 2.07. The highest BCUT2D eigenvalue weighted by Crippen LogP contribution is 2.24. The second kappa shape index (κ2) is 3.39. The Labute approximate surface area is 66.1 Å². The first-order valence-corrected chi connectivity index (χ1v) is 3.62. The lowest BCUT2D eigenvalue weighted by molar-refractivity contribution is 0.170. The van der Waals surface area contributed by atoms with Gasteiger partial charge in [-0.2, -0.15) is 0 Å². The topological polar surface area (TPSA) is 40.5 Å². The second-order valence-electron chi connectivity index (χ2n) is 2.41. The van der Waals surface area contributed by atoms with Gasteiger partial charge in [0.2, 0.25) is 0 Å². The molecule has 0 amide bonds. The Balaban J connectivity index is 2.93. The summed E-state index contributed by atoms with van der Waals surface area (Å²) in [4.78, 5) is 0. The minimum atomic E-state index is -0.565. The molecular weight excluding hydrogens is 140 g/mol. The predicted octanol–water partition coefficient (Wildman–Crippen LogP) is 1.64. The van der Waals surface area contributed by atoms with E-state index in [9.17, 15) is 10.2 Å². The van der Waals surface area contributed by atoms with Gasteiger partial charge >= 0.3 is 0 Å². The Kier molecular flexibility index (Phi) is 2.49. The van der Waals surface area contributed by atoms with Gasteiger partial charge in [0.15, 0.2) is 0 Å². The lowest BCUT2D eigenvalue weighted by Crippen LogP contribution is -1.94. The van der Waals surface area contributed by atoms with Gasteiger partial charge in [0.25, 0.3) is 0 Å². The van der Waals surface area contributed by atoms with Crippen LogP contribution in [-0.4, -0.2) is 10.2 Å². The predicted molar refractivity (Wildman–Crippen MR) is 42.2 cm³/mol. The van der Waals surface area contributed by atoms with Crippen LogP contribution in [0.5, 0.6) is 5.75 Å². The summed E-state index contributed by atoms with van der Waals surface area (Å²) in [5, 5.41) is 18.6. The SMILES string of the molecule is CCC(O)c1cc[c]cc1O. The summed E-state index contributed by atoms with van der Waals surface area (Å²) >= 11 is 0. The van der Waals surface area contributed by atoms with Gasteiger partial charge in [-0.3, -0.25) is 0 Å². The van der Waals surface area contributed by atoms with E-state index < -0.39 is 6.10 Å². The first kappa shape index (κ1) is 8.08. The van der Waals surface area contributed by atoms with Crippen molar-refractivity contribution >= 4 is 0 Å². The fraction of sp³-hybridized carbons (Fsp3) is 0.333. The zero-order valence-electron chi connectivity index (χ0n) is 6.41. The van der Waals surface area contributed by atoms with E-state index in [1.807, 2.05) is 6.92 Å². The fourth-order valence-corrected chi connectivity index (χ4v) is 0.935. The van der Waals surface area contributed by atoms with Gasteiger partial charge in [-0.15, -0.1) is 0 Å². The lowest BCUT2D eigenvalue weighted by Gasteiger charge is -2.08. The summed E-state index contributed by atoms with van der Waals surface area (Å²) in [7, 11) is 0. The molecule has 0 bridgehead atoms. The highest BCUT2D eigenvalue weighted by molar-refractivity contribution is 5.32. The zero-order chi connectivity index (χ0) is 8.27. The van der Waals surface area contributed by atoms with Crippen LogP contribution in [0.15, 0.2) is 18.2 Å². The van der Waals surface area contributed by atoms with Crippen molar-refractivity contribution in [2.45, 2.75) is 19.4 Å². The average molecular weight is 151 g/mol. The summed E-state index contributed by atoms with van der Waals surface area (Å²) in [6.45, 7) is 1.86. The number of aliphatic hydroxyl groups excluding tert-OH is 1. The summed E-state index contributed by atoms with van der Waals surface area (Å²) in [6.07, 6.45) is 0.0435. The van der Waals surface area contributed by atoms with E-state index in [0.29, 0.717) is 12.0 Å². The molecule has 0 aliphatic rings. The van der Waals surface area contributed by atoms with Crippen molar-refractivity contribution in [1.29, 1.82) is 0 Å². The molecule has 0 heterocycles. The van der Waals surface area contributed by atoms with Gasteiger partial charge in [0.05, 0.1) is 6.10 Å². The van der Waals surface area contributed by atoms with Crippen LogP contribution in [0.3, 0.4) is 0 Å². The molecule has 1 aromatic carbocycles. The molecule has 1 unspecified atom stereocenters. The van der Waals surface area contributed by atoms with Crippen molar-refractivity contribution in [1.82, 2.24) is 0 Å². The fourth-order valence-electron chi connectivity index (χ4n) is 0.935. The molecule has 1 radical (unpaired) electrons. The second-order valence-corrected chi connectivity index (χ2v) is 2.41. The van der Waals surface area contributed by atoms with Gasteiger partial charge in [0.1, 0.15) is 5.75 Å². The zero-order valence-corrected chi connectivity index (χ0v) is 6.41. The molecule has 0 aliphatic heterocycles. The number of hydrogen-bond acceptors (Lipinski definition) is 2. The molecular formula is C9H11O2. The van der Waals surface area contributed by atoms with Crippen molar-refractivity contribution < 1.29 is 10.2 Å². The van der Waals surface area contributed by atoms with E-state index in [1.54, 1.807) is 12.1 Å². The van der Waals surface area contributed by atoms with Crippen LogP contribution in [0.25, 0.3) is 0 Å². The molecule has 2 nitrogen and oxygen atoms in total. The Morgan fingerprint density at radius 3 is 2.91 bits per heavy atom. The third kappa shape index (κ3) is 1.71. The average Bonchev–Trinajstić information content (AvgIpc) is 2.04. The molecule has 2 heteroatoms. The van der Waals surface area contributed by atoms with Gasteiger partial charge < -0.3 is 10.2 Å². The summed E-state index contributed by atoms with van der Waals surface area (Å²) in [5.41, 5.74) is 0.575. The van der Waals surface area contributed by atoms with E-state index in [-0.39, 0.29) is 5.75 Å². The van der Waals surface area contributed by atoms with Crippen molar-refractivity contribution in [2.24, 2.45) is 0 Å². The molecule has 2 N–H and O–H groups in total. The largest absolute Gasteiger partial charge is 0.508 e. The van der Waals surface area contributed by atoms with Crippen molar-refractivity contribution in [3.63, 3.8) is 0 Å². The number of phenolic OH excluding ortho intramolecular Hbond substituents is 1. The number of hydrogen-bond donors (Lipinski definition) is 2. The highest BCUT2D eigenvalue weighted by atomic mass is 16.3. The minimum Gasteiger partial charge on any atom is -0.508 e. The molecule has 1 aromatic rings. The number of benzene rings is 1. The van der Waals surface area contributed by atoms with E-state index in [2.05, 4.69) is 6.07 Å². The molecule has 0 aliphatic carbocycles. The Morgan fingerprint density at radius 2 is 2.36 bits per heavy atom. The minimum absolute atomic E-state index is 0.113. The third-order valence-electron chi connectivity index (χ3n) is 1.62. The quantitative estimate of drug-likeness (QED) is 0.674. The first-order chi connectivity index (χ1) is 5.25. The Bertz CT molecular complexity index is 233. The van der Waals surface area contributed by atoms with E-state index >= 15 is 0 Å². The summed E-state index contributed by atoms with van der Waals surface area (Å²) < 4.78 is 0. The number of aliphatic hydroxyl groups is 1. The molecule has 0 saturated heterocycles. The molecule has 0 fully saturated rings. The summed E-state index contributed by atoms with van der Waals surface area (Å²) in [6, 6.07) is 7.52. The van der Waals surface area contributed by atoms with E-state index in [0.717, 1.165) is 0 Å². The van der Waals surface area contributed by atoms with Gasteiger partial charge in [0, 0.05) is 5.56 Å². The van der Waals surface area contributed by atoms with Gasteiger partial charge in [-0.25, -0.2) is 0 Å². The Hall–Kier alpha value is -1.02. The maximum absolute atomic E-state index is 9.34. The monoisotopic (exact) mass is 151 g/mol. The van der Waals surface area contributed by atoms with Crippen molar-refractivity contribution in [2.75, 3.05) is 0 Å². The first-order valence-electron chi connectivity index (χ1n) is 3.62. The summed E-state index contributed by atoms with van der Waals surface area (Å²) in [5.74, 6) is 0.113. The van der Waals surface area contributed by atoms with Crippen molar-refractivity contribution in [3.05, 3.63) is 29.8 Å². The maximum atomic E-state index is 9.34. The maximum Gasteiger partial charge on any atom is 0.121 e. The molecule has 59 valence electrons. The van der Waals surface area contributed by atoms with Gasteiger partial charge in [-0.1, -0.05) is 19.1 Å². The van der Waals surface area contributed by atoms with Crippen LogP contribution in [-0.2, 0) is 0 Å². The number of aromatic hydroxyl groups is 1. The van der Waals surface area contributed by atoms with Crippen molar-refractivity contribution in [3.8, 4) is 5.75 Å².